The average molecular weight is 293 g/mol. The van der Waals surface area contributed by atoms with Crippen LogP contribution in [0.25, 0.3) is 0 Å². The summed E-state index contributed by atoms with van der Waals surface area (Å²) in [6.07, 6.45) is 0. The van der Waals surface area contributed by atoms with Gasteiger partial charge in [-0.2, -0.15) is 0 Å². The first-order chi connectivity index (χ1) is 9.61. The Balaban J connectivity index is 3.00. The zero-order chi connectivity index (χ0) is 16.3. The van der Waals surface area contributed by atoms with E-state index in [0.29, 0.717) is 13.1 Å². The molecule has 0 aliphatic heterocycles. The molecular formula is C17H27NO3. The van der Waals surface area contributed by atoms with Crippen molar-refractivity contribution in [3.05, 3.63) is 29.8 Å². The van der Waals surface area contributed by atoms with Gasteiger partial charge in [-0.25, -0.2) is 0 Å². The van der Waals surface area contributed by atoms with Crippen molar-refractivity contribution in [2.75, 3.05) is 20.2 Å². The molecule has 0 bridgehead atoms. The van der Waals surface area contributed by atoms with Crippen LogP contribution in [0.1, 0.15) is 40.2 Å². The van der Waals surface area contributed by atoms with Crippen LogP contribution in [0.3, 0.4) is 0 Å². The maximum atomic E-state index is 12.8. The van der Waals surface area contributed by atoms with Crippen LogP contribution in [-0.4, -0.2) is 41.7 Å². The Morgan fingerprint density at radius 3 is 2.10 bits per heavy atom. The van der Waals surface area contributed by atoms with Gasteiger partial charge in [0.2, 0.25) is 5.91 Å². The van der Waals surface area contributed by atoms with Gasteiger partial charge in [-0.3, -0.25) is 4.79 Å². The van der Waals surface area contributed by atoms with Crippen LogP contribution < -0.4 is 4.74 Å². The van der Waals surface area contributed by atoms with Gasteiger partial charge in [-0.15, -0.1) is 0 Å². The van der Waals surface area contributed by atoms with Crippen LogP contribution in [0.2, 0.25) is 0 Å². The summed E-state index contributed by atoms with van der Waals surface area (Å²) in [6, 6.07) is 7.54. The third-order valence-electron chi connectivity index (χ3n) is 3.59. The predicted octanol–water partition coefficient (Wildman–Crippen LogP) is 2.59. The molecule has 0 aliphatic rings. The zero-order valence-electron chi connectivity index (χ0n) is 13.9. The Hall–Kier alpha value is -1.55. The van der Waals surface area contributed by atoms with Crippen molar-refractivity contribution in [2.45, 2.75) is 45.6 Å². The number of rotatable bonds is 6. The van der Waals surface area contributed by atoms with Gasteiger partial charge in [0.1, 0.15) is 5.75 Å². The minimum absolute atomic E-state index is 0.0114. The van der Waals surface area contributed by atoms with Crippen molar-refractivity contribution in [3.8, 4) is 5.75 Å². The highest BCUT2D eigenvalue weighted by Gasteiger charge is 2.35. The molecule has 1 N–H and O–H groups in total. The molecule has 1 rings (SSSR count). The van der Waals surface area contributed by atoms with Crippen LogP contribution in [0.4, 0.5) is 0 Å². The average Bonchev–Trinajstić information content (AvgIpc) is 2.43. The molecule has 0 radical (unpaired) electrons. The van der Waals surface area contributed by atoms with Crippen molar-refractivity contribution < 1.29 is 14.6 Å². The summed E-state index contributed by atoms with van der Waals surface area (Å²) in [5.41, 5.74) is -0.614. The van der Waals surface area contributed by atoms with Gasteiger partial charge >= 0.3 is 0 Å². The number of hydrogen-bond donors (Lipinski definition) is 1. The standard InChI is InChI=1S/C17H27NO3/c1-7-18(12-16(2,3)20)15(19)17(4,5)13-8-10-14(21-6)11-9-13/h8-11,20H,7,12H2,1-6H3. The minimum Gasteiger partial charge on any atom is -0.497 e. The number of methoxy groups -OCH3 is 1. The Labute approximate surface area is 127 Å². The first kappa shape index (κ1) is 17.5. The predicted molar refractivity (Wildman–Crippen MR) is 84.6 cm³/mol. The summed E-state index contributed by atoms with van der Waals surface area (Å²) in [6.45, 7) is 10.1. The van der Waals surface area contributed by atoms with Gasteiger partial charge in [-0.05, 0) is 52.3 Å². The third-order valence-corrected chi connectivity index (χ3v) is 3.59. The number of amides is 1. The van der Waals surface area contributed by atoms with E-state index in [2.05, 4.69) is 0 Å². The Morgan fingerprint density at radius 2 is 1.71 bits per heavy atom. The van der Waals surface area contributed by atoms with Crippen molar-refractivity contribution in [3.63, 3.8) is 0 Å². The van der Waals surface area contributed by atoms with E-state index in [1.165, 1.54) is 0 Å². The van der Waals surface area contributed by atoms with Crippen molar-refractivity contribution in [2.24, 2.45) is 0 Å². The third kappa shape index (κ3) is 4.46. The van der Waals surface area contributed by atoms with Gasteiger partial charge in [0.05, 0.1) is 18.1 Å². The van der Waals surface area contributed by atoms with E-state index in [4.69, 9.17) is 4.74 Å². The summed E-state index contributed by atoms with van der Waals surface area (Å²) >= 11 is 0. The molecule has 0 atom stereocenters. The van der Waals surface area contributed by atoms with E-state index in [1.807, 2.05) is 45.0 Å². The van der Waals surface area contributed by atoms with Gasteiger partial charge in [0.25, 0.3) is 0 Å². The highest BCUT2D eigenvalue weighted by molar-refractivity contribution is 5.87. The molecule has 4 heteroatoms. The fraction of sp³-hybridized carbons (Fsp3) is 0.588. The summed E-state index contributed by atoms with van der Waals surface area (Å²) < 4.78 is 5.15. The number of hydrogen-bond acceptors (Lipinski definition) is 3. The number of carbonyl (C=O) groups is 1. The molecule has 0 spiro atoms. The number of ether oxygens (including phenoxy) is 1. The van der Waals surface area contributed by atoms with E-state index in [9.17, 15) is 9.90 Å². The summed E-state index contributed by atoms with van der Waals surface area (Å²) in [5.74, 6) is 0.781. The van der Waals surface area contributed by atoms with Crippen LogP contribution >= 0.6 is 0 Å². The molecule has 0 heterocycles. The monoisotopic (exact) mass is 293 g/mol. The first-order valence-electron chi connectivity index (χ1n) is 7.28. The van der Waals surface area contributed by atoms with Gasteiger partial charge in [-0.1, -0.05) is 12.1 Å². The molecule has 0 saturated carbocycles. The first-order valence-corrected chi connectivity index (χ1v) is 7.28. The summed E-state index contributed by atoms with van der Waals surface area (Å²) in [5, 5.41) is 9.96. The van der Waals surface area contributed by atoms with Gasteiger partial charge < -0.3 is 14.7 Å². The maximum absolute atomic E-state index is 12.8. The smallest absolute Gasteiger partial charge is 0.232 e. The fourth-order valence-electron chi connectivity index (χ4n) is 2.32. The van der Waals surface area contributed by atoms with E-state index in [0.717, 1.165) is 11.3 Å². The van der Waals surface area contributed by atoms with Crippen LogP contribution in [0, 0.1) is 0 Å². The van der Waals surface area contributed by atoms with Crippen LogP contribution in [0.15, 0.2) is 24.3 Å². The summed E-state index contributed by atoms with van der Waals surface area (Å²) in [4.78, 5) is 14.5. The molecule has 1 aromatic rings. The number of likely N-dealkylation sites (N-methyl/N-ethyl adjacent to an activating group) is 1. The second-order valence-corrected chi connectivity index (χ2v) is 6.49. The molecule has 21 heavy (non-hydrogen) atoms. The molecular weight excluding hydrogens is 266 g/mol. The lowest BCUT2D eigenvalue weighted by molar-refractivity contribution is -0.139. The SMILES string of the molecule is CCN(CC(C)(C)O)C(=O)C(C)(C)c1ccc(OC)cc1. The minimum atomic E-state index is -0.901. The highest BCUT2D eigenvalue weighted by Crippen LogP contribution is 2.28. The lowest BCUT2D eigenvalue weighted by Crippen LogP contribution is -2.48. The normalized spacial score (nSPS) is 12.1. The van der Waals surface area contributed by atoms with Crippen LogP contribution in [-0.2, 0) is 10.2 Å². The van der Waals surface area contributed by atoms with Crippen molar-refractivity contribution >= 4 is 5.91 Å². The summed E-state index contributed by atoms with van der Waals surface area (Å²) in [7, 11) is 1.62. The Kier molecular flexibility index (Phi) is 5.40. The number of nitrogens with zero attached hydrogens (tertiary/aromatic N) is 1. The largest absolute Gasteiger partial charge is 0.497 e. The lowest BCUT2D eigenvalue weighted by atomic mass is 9.83. The van der Waals surface area contributed by atoms with E-state index in [-0.39, 0.29) is 5.91 Å². The zero-order valence-corrected chi connectivity index (χ0v) is 13.9. The fourth-order valence-corrected chi connectivity index (χ4v) is 2.32. The second kappa shape index (κ2) is 6.48. The van der Waals surface area contributed by atoms with Gasteiger partial charge in [0, 0.05) is 13.1 Å². The quantitative estimate of drug-likeness (QED) is 0.877. The Morgan fingerprint density at radius 1 is 1.19 bits per heavy atom. The Bertz CT molecular complexity index is 472. The maximum Gasteiger partial charge on any atom is 0.232 e. The van der Waals surface area contributed by atoms with Crippen molar-refractivity contribution in [1.82, 2.24) is 4.90 Å². The van der Waals surface area contributed by atoms with E-state index >= 15 is 0 Å². The number of aliphatic hydroxyl groups is 1. The molecule has 0 aliphatic carbocycles. The van der Waals surface area contributed by atoms with Gasteiger partial charge in [0.15, 0.2) is 0 Å². The van der Waals surface area contributed by atoms with Crippen LogP contribution in [0.5, 0.6) is 5.75 Å². The second-order valence-electron chi connectivity index (χ2n) is 6.49. The highest BCUT2D eigenvalue weighted by atomic mass is 16.5. The van der Waals surface area contributed by atoms with E-state index in [1.54, 1.807) is 25.9 Å². The molecule has 1 aromatic carbocycles. The number of carbonyl (C=O) groups excluding carboxylic acids is 1. The molecule has 0 saturated heterocycles. The lowest BCUT2D eigenvalue weighted by Gasteiger charge is -2.35. The molecule has 1 amide bonds. The number of benzene rings is 1. The molecule has 0 fully saturated rings. The van der Waals surface area contributed by atoms with E-state index < -0.39 is 11.0 Å². The topological polar surface area (TPSA) is 49.8 Å². The van der Waals surface area contributed by atoms with Crippen molar-refractivity contribution in [1.29, 1.82) is 0 Å². The molecule has 4 nitrogen and oxygen atoms in total. The molecule has 118 valence electrons. The molecule has 0 unspecified atom stereocenters. The molecule has 0 aromatic heterocycles.